The minimum Gasteiger partial charge on any atom is -0.383 e. The molecule has 0 aromatic heterocycles. The Kier molecular flexibility index (Phi) is 12.3. The van der Waals surface area contributed by atoms with E-state index in [-0.39, 0.29) is 24.0 Å². The first-order valence-corrected chi connectivity index (χ1v) is 9.61. The van der Waals surface area contributed by atoms with Crippen molar-refractivity contribution in [3.8, 4) is 0 Å². The second-order valence-electron chi connectivity index (χ2n) is 6.31. The smallest absolute Gasteiger partial charge is 0.191 e. The van der Waals surface area contributed by atoms with Crippen LogP contribution in [-0.2, 0) is 11.2 Å². The van der Waals surface area contributed by atoms with Crippen molar-refractivity contribution in [2.24, 2.45) is 4.99 Å². The molecule has 0 spiro atoms. The van der Waals surface area contributed by atoms with Gasteiger partial charge >= 0.3 is 0 Å². The van der Waals surface area contributed by atoms with Crippen molar-refractivity contribution in [1.82, 2.24) is 15.5 Å². The average Bonchev–Trinajstić information content (AvgIpc) is 3.07. The van der Waals surface area contributed by atoms with Crippen molar-refractivity contribution in [1.29, 1.82) is 0 Å². The van der Waals surface area contributed by atoms with Gasteiger partial charge in [-0.05, 0) is 44.4 Å². The number of ether oxygens (including phenoxy) is 1. The number of likely N-dealkylation sites (tertiary alicyclic amines) is 1. The van der Waals surface area contributed by atoms with E-state index >= 15 is 0 Å². The van der Waals surface area contributed by atoms with E-state index < -0.39 is 0 Å². The molecule has 5 nitrogen and oxygen atoms in total. The van der Waals surface area contributed by atoms with Gasteiger partial charge in [0.2, 0.25) is 0 Å². The third kappa shape index (κ3) is 7.98. The Morgan fingerprint density at radius 1 is 1.35 bits per heavy atom. The first-order chi connectivity index (χ1) is 12.2. The lowest BCUT2D eigenvalue weighted by Gasteiger charge is -2.23. The molecule has 1 aromatic carbocycles. The second kappa shape index (κ2) is 13.6. The molecule has 0 bridgehead atoms. The van der Waals surface area contributed by atoms with Gasteiger partial charge in [0.25, 0.3) is 0 Å². The second-order valence-corrected chi connectivity index (χ2v) is 6.72. The van der Waals surface area contributed by atoms with Crippen LogP contribution < -0.4 is 10.6 Å². The molecular weight excluding hydrogens is 463 g/mol. The molecule has 1 aliphatic rings. The fourth-order valence-electron chi connectivity index (χ4n) is 3.16. The number of hydrogen-bond acceptors (Lipinski definition) is 3. The standard InChI is InChI=1S/C19H31ClN4O.HI/c1-3-21-19(22-11-10-16-7-4-5-9-18(16)20)23-15-17-8-6-12-24(17)13-14-25-2;/h4-5,7,9,17H,3,6,8,10-15H2,1-2H3,(H2,21,22,23);1H. The summed E-state index contributed by atoms with van der Waals surface area (Å²) >= 11 is 6.22. The molecule has 0 amide bonds. The highest BCUT2D eigenvalue weighted by Crippen LogP contribution is 2.17. The van der Waals surface area contributed by atoms with Gasteiger partial charge in [-0.1, -0.05) is 29.8 Å². The van der Waals surface area contributed by atoms with E-state index in [0.717, 1.165) is 62.3 Å². The topological polar surface area (TPSA) is 48.9 Å². The van der Waals surface area contributed by atoms with E-state index in [1.807, 2.05) is 18.2 Å². The van der Waals surface area contributed by atoms with E-state index in [9.17, 15) is 0 Å². The van der Waals surface area contributed by atoms with Crippen LogP contribution in [0.1, 0.15) is 25.3 Å². The summed E-state index contributed by atoms with van der Waals surface area (Å²) in [5, 5.41) is 7.57. The maximum absolute atomic E-state index is 6.22. The highest BCUT2D eigenvalue weighted by molar-refractivity contribution is 14.0. The lowest BCUT2D eigenvalue weighted by Crippen LogP contribution is -2.40. The van der Waals surface area contributed by atoms with Crippen molar-refractivity contribution in [3.63, 3.8) is 0 Å². The summed E-state index contributed by atoms with van der Waals surface area (Å²) < 4.78 is 5.21. The molecule has 26 heavy (non-hydrogen) atoms. The zero-order valence-corrected chi connectivity index (χ0v) is 18.9. The van der Waals surface area contributed by atoms with Gasteiger partial charge < -0.3 is 15.4 Å². The van der Waals surface area contributed by atoms with Crippen LogP contribution in [0.15, 0.2) is 29.3 Å². The van der Waals surface area contributed by atoms with Crippen LogP contribution in [0, 0.1) is 0 Å². The number of guanidine groups is 1. The first kappa shape index (κ1) is 23.5. The first-order valence-electron chi connectivity index (χ1n) is 9.23. The third-order valence-corrected chi connectivity index (χ3v) is 4.90. The number of hydrogen-bond donors (Lipinski definition) is 2. The molecule has 0 saturated carbocycles. The Balaban J connectivity index is 0.00000338. The number of methoxy groups -OCH3 is 1. The van der Waals surface area contributed by atoms with Gasteiger partial charge in [-0.2, -0.15) is 0 Å². The Labute approximate surface area is 179 Å². The molecule has 1 fully saturated rings. The summed E-state index contributed by atoms with van der Waals surface area (Å²) in [6.07, 6.45) is 3.35. The van der Waals surface area contributed by atoms with Crippen LogP contribution in [0.3, 0.4) is 0 Å². The Bertz CT molecular complexity index is 544. The van der Waals surface area contributed by atoms with E-state index in [4.69, 9.17) is 21.3 Å². The average molecular weight is 495 g/mol. The summed E-state index contributed by atoms with van der Waals surface area (Å²) in [7, 11) is 1.76. The Morgan fingerprint density at radius 3 is 2.88 bits per heavy atom. The SMILES string of the molecule is CCNC(=NCC1CCCN1CCOC)NCCc1ccccc1Cl.I. The summed E-state index contributed by atoms with van der Waals surface area (Å²) in [6.45, 7) is 7.52. The van der Waals surface area contributed by atoms with Gasteiger partial charge in [-0.3, -0.25) is 9.89 Å². The number of aliphatic imine (C=N–C) groups is 1. The number of rotatable bonds is 9. The minimum absolute atomic E-state index is 0. The van der Waals surface area contributed by atoms with Crippen LogP contribution in [0.25, 0.3) is 0 Å². The molecule has 0 radical (unpaired) electrons. The fourth-order valence-corrected chi connectivity index (χ4v) is 3.39. The van der Waals surface area contributed by atoms with Crippen molar-refractivity contribution >= 4 is 41.5 Å². The summed E-state index contributed by atoms with van der Waals surface area (Å²) in [4.78, 5) is 7.27. The largest absolute Gasteiger partial charge is 0.383 e. The molecule has 0 aliphatic carbocycles. The molecule has 1 unspecified atom stereocenters. The molecule has 1 saturated heterocycles. The summed E-state index contributed by atoms with van der Waals surface area (Å²) in [5.41, 5.74) is 1.16. The number of benzene rings is 1. The molecule has 148 valence electrons. The molecule has 1 heterocycles. The lowest BCUT2D eigenvalue weighted by molar-refractivity contribution is 0.142. The molecule has 1 atom stereocenters. The Morgan fingerprint density at radius 2 is 2.15 bits per heavy atom. The zero-order valence-electron chi connectivity index (χ0n) is 15.8. The van der Waals surface area contributed by atoms with Crippen molar-refractivity contribution in [2.75, 3.05) is 46.4 Å². The van der Waals surface area contributed by atoms with Crippen LogP contribution in [0.4, 0.5) is 0 Å². The maximum Gasteiger partial charge on any atom is 0.191 e. The Hall–Kier alpha value is -0.570. The van der Waals surface area contributed by atoms with Gasteiger partial charge in [0.05, 0.1) is 13.2 Å². The number of halogens is 2. The lowest BCUT2D eigenvalue weighted by atomic mass is 10.1. The highest BCUT2D eigenvalue weighted by atomic mass is 127. The predicted octanol–water partition coefficient (Wildman–Crippen LogP) is 3.17. The fraction of sp³-hybridized carbons (Fsp3) is 0.632. The monoisotopic (exact) mass is 494 g/mol. The highest BCUT2D eigenvalue weighted by Gasteiger charge is 2.23. The van der Waals surface area contributed by atoms with Crippen LogP contribution in [0.2, 0.25) is 5.02 Å². The van der Waals surface area contributed by atoms with Crippen molar-refractivity contribution in [3.05, 3.63) is 34.9 Å². The van der Waals surface area contributed by atoms with Gasteiger partial charge in [0.15, 0.2) is 5.96 Å². The van der Waals surface area contributed by atoms with Crippen LogP contribution >= 0.6 is 35.6 Å². The maximum atomic E-state index is 6.22. The molecular formula is C19H32ClIN4O. The molecule has 1 aliphatic heterocycles. The van der Waals surface area contributed by atoms with Gasteiger partial charge in [-0.15, -0.1) is 24.0 Å². The zero-order chi connectivity index (χ0) is 17.9. The van der Waals surface area contributed by atoms with Crippen LogP contribution in [0.5, 0.6) is 0 Å². The van der Waals surface area contributed by atoms with Crippen molar-refractivity contribution in [2.45, 2.75) is 32.2 Å². The minimum atomic E-state index is 0. The van der Waals surface area contributed by atoms with Gasteiger partial charge in [0, 0.05) is 37.8 Å². The molecule has 7 heteroatoms. The van der Waals surface area contributed by atoms with E-state index in [2.05, 4.69) is 28.5 Å². The molecule has 1 aromatic rings. The van der Waals surface area contributed by atoms with E-state index in [1.54, 1.807) is 7.11 Å². The normalized spacial score (nSPS) is 17.8. The summed E-state index contributed by atoms with van der Waals surface area (Å²) in [6, 6.07) is 8.51. The van der Waals surface area contributed by atoms with Crippen molar-refractivity contribution < 1.29 is 4.74 Å². The quantitative estimate of drug-likeness (QED) is 0.315. The van der Waals surface area contributed by atoms with Crippen LogP contribution in [-0.4, -0.2) is 63.3 Å². The number of nitrogens with zero attached hydrogens (tertiary/aromatic N) is 2. The predicted molar refractivity (Wildman–Crippen MR) is 121 cm³/mol. The molecule has 2 rings (SSSR count). The van der Waals surface area contributed by atoms with Gasteiger partial charge in [0.1, 0.15) is 0 Å². The molecule has 2 N–H and O–H groups in total. The third-order valence-electron chi connectivity index (χ3n) is 4.53. The van der Waals surface area contributed by atoms with E-state index in [0.29, 0.717) is 6.04 Å². The van der Waals surface area contributed by atoms with E-state index in [1.165, 1.54) is 12.8 Å². The summed E-state index contributed by atoms with van der Waals surface area (Å²) in [5.74, 6) is 0.883. The number of nitrogens with one attached hydrogen (secondary N) is 2. The van der Waals surface area contributed by atoms with Gasteiger partial charge in [-0.25, -0.2) is 0 Å².